The van der Waals surface area contributed by atoms with Crippen LogP contribution in [0, 0.1) is 11.3 Å². The molecule has 0 aliphatic carbocycles. The van der Waals surface area contributed by atoms with E-state index in [1.807, 2.05) is 6.07 Å². The molecule has 0 saturated heterocycles. The van der Waals surface area contributed by atoms with Gasteiger partial charge in [0.15, 0.2) is 0 Å². The molecule has 1 aliphatic rings. The topological polar surface area (TPSA) is 33.0 Å². The summed E-state index contributed by atoms with van der Waals surface area (Å²) in [5.41, 5.74) is -2.26. The first-order valence-corrected chi connectivity index (χ1v) is 6.36. The molecule has 0 spiro atoms. The van der Waals surface area contributed by atoms with Crippen molar-refractivity contribution >= 4 is 0 Å². The summed E-state index contributed by atoms with van der Waals surface area (Å²) in [4.78, 5) is 0. The number of alkyl halides is 3. The lowest BCUT2D eigenvalue weighted by Crippen LogP contribution is -2.43. The minimum atomic E-state index is -4.67. The van der Waals surface area contributed by atoms with Crippen LogP contribution in [-0.2, 0) is 10.3 Å². The van der Waals surface area contributed by atoms with E-state index >= 15 is 0 Å². The summed E-state index contributed by atoms with van der Waals surface area (Å²) < 4.78 is 46.8. The molecule has 1 heterocycles. The van der Waals surface area contributed by atoms with Crippen LogP contribution in [0.3, 0.4) is 0 Å². The Morgan fingerprint density at radius 3 is 2.14 bits per heavy atom. The van der Waals surface area contributed by atoms with Gasteiger partial charge in [0.1, 0.15) is 11.8 Å². The highest BCUT2D eigenvalue weighted by Gasteiger charge is 2.64. The highest BCUT2D eigenvalue weighted by molar-refractivity contribution is 5.54. The predicted octanol–water partition coefficient (Wildman–Crippen LogP) is 4.61. The molecule has 110 valence electrons. The zero-order valence-electron chi connectivity index (χ0n) is 11.9. The van der Waals surface area contributed by atoms with Gasteiger partial charge in [-0.1, -0.05) is 30.3 Å². The van der Waals surface area contributed by atoms with Crippen molar-refractivity contribution < 1.29 is 17.9 Å². The van der Waals surface area contributed by atoms with E-state index in [1.54, 1.807) is 19.9 Å². The van der Waals surface area contributed by atoms with Gasteiger partial charge in [-0.3, -0.25) is 0 Å². The summed E-state index contributed by atoms with van der Waals surface area (Å²) in [6.07, 6.45) is -4.67. The molecule has 0 amide bonds. The predicted molar refractivity (Wildman–Crippen MR) is 71.9 cm³/mol. The molecule has 0 N–H and O–H groups in total. The fourth-order valence-electron chi connectivity index (χ4n) is 2.50. The van der Waals surface area contributed by atoms with Crippen molar-refractivity contribution in [2.45, 2.75) is 32.5 Å². The van der Waals surface area contributed by atoms with Gasteiger partial charge in [-0.25, -0.2) is 0 Å². The van der Waals surface area contributed by atoms with Crippen molar-refractivity contribution in [2.24, 2.45) is 0 Å². The lowest BCUT2D eigenvalue weighted by Gasteiger charge is -2.33. The van der Waals surface area contributed by atoms with E-state index in [0.29, 0.717) is 5.57 Å². The van der Waals surface area contributed by atoms with Crippen molar-refractivity contribution in [3.05, 3.63) is 58.4 Å². The third kappa shape index (κ3) is 2.11. The van der Waals surface area contributed by atoms with Gasteiger partial charge in [0.05, 0.1) is 5.57 Å². The molecule has 2 rings (SSSR count). The second-order valence-corrected chi connectivity index (χ2v) is 5.09. The standard InChI is InChI=1S/C16H14F3NO/c1-10(2)14-13(9-20)11(3)15(21-14,16(17,18)19)12-7-5-4-6-8-12/h4-8H,1-3H3. The Bertz CT molecular complexity index is 661. The van der Waals surface area contributed by atoms with Crippen LogP contribution in [-0.4, -0.2) is 6.18 Å². The van der Waals surface area contributed by atoms with Gasteiger partial charge < -0.3 is 4.74 Å². The Balaban J connectivity index is 2.81. The van der Waals surface area contributed by atoms with Gasteiger partial charge >= 0.3 is 6.18 Å². The van der Waals surface area contributed by atoms with Gasteiger partial charge in [-0.15, -0.1) is 0 Å². The summed E-state index contributed by atoms with van der Waals surface area (Å²) in [5.74, 6) is 0.0104. The lowest BCUT2D eigenvalue weighted by atomic mass is 9.85. The third-order valence-electron chi connectivity index (χ3n) is 3.53. The Hall–Kier alpha value is -2.22. The number of allylic oxidation sites excluding steroid dienone is 2. The summed E-state index contributed by atoms with van der Waals surface area (Å²) >= 11 is 0. The molecule has 1 aromatic carbocycles. The van der Waals surface area contributed by atoms with Crippen molar-refractivity contribution in [3.8, 4) is 6.07 Å². The van der Waals surface area contributed by atoms with Gasteiger partial charge in [-0.2, -0.15) is 18.4 Å². The summed E-state index contributed by atoms with van der Waals surface area (Å²) in [5, 5.41) is 9.21. The van der Waals surface area contributed by atoms with E-state index in [4.69, 9.17) is 4.74 Å². The minimum Gasteiger partial charge on any atom is -0.467 e. The van der Waals surface area contributed by atoms with E-state index in [1.165, 1.54) is 31.2 Å². The molecule has 1 atom stereocenters. The average molecular weight is 293 g/mol. The van der Waals surface area contributed by atoms with Crippen molar-refractivity contribution in [3.63, 3.8) is 0 Å². The number of ether oxygens (including phenoxy) is 1. The number of rotatable bonds is 1. The van der Waals surface area contributed by atoms with Crippen molar-refractivity contribution in [1.29, 1.82) is 5.26 Å². The molecule has 0 aromatic heterocycles. The molecule has 1 aromatic rings. The minimum absolute atomic E-state index is 0.0104. The van der Waals surface area contributed by atoms with E-state index in [-0.39, 0.29) is 22.5 Å². The number of hydrogen-bond donors (Lipinski definition) is 0. The number of halogens is 3. The monoisotopic (exact) mass is 293 g/mol. The van der Waals surface area contributed by atoms with Crippen LogP contribution in [0.25, 0.3) is 0 Å². The van der Waals surface area contributed by atoms with E-state index < -0.39 is 11.8 Å². The van der Waals surface area contributed by atoms with Crippen molar-refractivity contribution in [1.82, 2.24) is 0 Å². The molecular weight excluding hydrogens is 279 g/mol. The molecule has 0 radical (unpaired) electrons. The van der Waals surface area contributed by atoms with Crippen LogP contribution in [0.1, 0.15) is 26.3 Å². The van der Waals surface area contributed by atoms with Crippen LogP contribution in [0.2, 0.25) is 0 Å². The van der Waals surface area contributed by atoms with Crippen molar-refractivity contribution in [2.75, 3.05) is 0 Å². The fourth-order valence-corrected chi connectivity index (χ4v) is 2.50. The molecule has 0 fully saturated rings. The smallest absolute Gasteiger partial charge is 0.436 e. The first kappa shape index (κ1) is 15.2. The van der Waals surface area contributed by atoms with Gasteiger partial charge in [0.2, 0.25) is 0 Å². The molecule has 2 nitrogen and oxygen atoms in total. The second-order valence-electron chi connectivity index (χ2n) is 5.09. The second kappa shape index (κ2) is 4.96. The van der Waals surface area contributed by atoms with Gasteiger partial charge in [0, 0.05) is 11.1 Å². The Kier molecular flexibility index (Phi) is 3.58. The number of benzene rings is 1. The lowest BCUT2D eigenvalue weighted by molar-refractivity contribution is -0.250. The van der Waals surface area contributed by atoms with E-state index in [9.17, 15) is 18.4 Å². The normalized spacial score (nSPS) is 22.0. The molecule has 21 heavy (non-hydrogen) atoms. The zero-order valence-corrected chi connectivity index (χ0v) is 11.9. The quantitative estimate of drug-likeness (QED) is 0.757. The van der Waals surface area contributed by atoms with E-state index in [0.717, 1.165) is 0 Å². The number of nitriles is 1. The van der Waals surface area contributed by atoms with Gasteiger partial charge in [-0.05, 0) is 26.3 Å². The molecule has 5 heteroatoms. The Morgan fingerprint density at radius 2 is 1.76 bits per heavy atom. The van der Waals surface area contributed by atoms with Crippen LogP contribution in [0.4, 0.5) is 13.2 Å². The zero-order chi connectivity index (χ0) is 15.8. The molecule has 1 aliphatic heterocycles. The first-order chi connectivity index (χ1) is 9.75. The molecular formula is C16H14F3NO. The first-order valence-electron chi connectivity index (χ1n) is 6.36. The fraction of sp³-hybridized carbons (Fsp3) is 0.312. The number of nitrogens with zero attached hydrogens (tertiary/aromatic N) is 1. The maximum Gasteiger partial charge on any atom is 0.436 e. The van der Waals surface area contributed by atoms with Crippen LogP contribution >= 0.6 is 0 Å². The van der Waals surface area contributed by atoms with Crippen LogP contribution < -0.4 is 0 Å². The maximum absolute atomic E-state index is 13.8. The average Bonchev–Trinajstić information content (AvgIpc) is 2.73. The SMILES string of the molecule is CC(C)=C1OC(c2ccccc2)(C(F)(F)F)C(C)=C1C#N. The largest absolute Gasteiger partial charge is 0.467 e. The number of hydrogen-bond acceptors (Lipinski definition) is 2. The van der Waals surface area contributed by atoms with Crippen LogP contribution in [0.5, 0.6) is 0 Å². The summed E-state index contributed by atoms with van der Waals surface area (Å²) in [7, 11) is 0. The third-order valence-corrected chi connectivity index (χ3v) is 3.53. The van der Waals surface area contributed by atoms with Crippen LogP contribution in [0.15, 0.2) is 52.8 Å². The highest BCUT2D eigenvalue weighted by Crippen LogP contribution is 2.54. The summed E-state index contributed by atoms with van der Waals surface area (Å²) in [6.45, 7) is 4.55. The Labute approximate surface area is 121 Å². The van der Waals surface area contributed by atoms with E-state index in [2.05, 4.69) is 0 Å². The Morgan fingerprint density at radius 1 is 1.19 bits per heavy atom. The van der Waals surface area contributed by atoms with Gasteiger partial charge in [0.25, 0.3) is 5.60 Å². The highest BCUT2D eigenvalue weighted by atomic mass is 19.4. The molecule has 1 unspecified atom stereocenters. The molecule has 0 bridgehead atoms. The molecule has 0 saturated carbocycles. The summed E-state index contributed by atoms with van der Waals surface area (Å²) in [6, 6.07) is 9.23. The maximum atomic E-state index is 13.8.